The first-order valence-electron chi connectivity index (χ1n) is 9.36. The molecule has 2 aliphatic rings. The zero-order chi connectivity index (χ0) is 20.8. The Morgan fingerprint density at radius 2 is 2.00 bits per heavy atom. The van der Waals surface area contributed by atoms with E-state index in [0.29, 0.717) is 5.56 Å². The highest BCUT2D eigenvalue weighted by Crippen LogP contribution is 2.50. The lowest BCUT2D eigenvalue weighted by Crippen LogP contribution is -2.43. The minimum atomic E-state index is -1.28. The molecule has 0 bridgehead atoms. The fourth-order valence-electron chi connectivity index (χ4n) is 3.72. The molecule has 6 nitrogen and oxygen atoms in total. The lowest BCUT2D eigenvalue weighted by atomic mass is 9.84. The highest BCUT2D eigenvalue weighted by Gasteiger charge is 2.49. The van der Waals surface area contributed by atoms with Gasteiger partial charge in [-0.15, -0.1) is 0 Å². The lowest BCUT2D eigenvalue weighted by molar-refractivity contribution is -0.138. The van der Waals surface area contributed by atoms with E-state index in [1.807, 2.05) is 0 Å². The number of benzene rings is 1. The van der Waals surface area contributed by atoms with Crippen LogP contribution < -0.4 is 10.2 Å². The monoisotopic (exact) mass is 394 g/mol. The smallest absolute Gasteiger partial charge is 0.303 e. The molecule has 1 aromatic rings. The minimum Gasteiger partial charge on any atom is -0.481 e. The maximum Gasteiger partial charge on any atom is 0.303 e. The fraction of sp³-hybridized carbons (Fsp3) is 0.550. The molecule has 1 atom stereocenters. The largest absolute Gasteiger partial charge is 0.481 e. The van der Waals surface area contributed by atoms with Crippen LogP contribution in [0.4, 0.5) is 14.5 Å². The van der Waals surface area contributed by atoms with E-state index in [1.165, 1.54) is 13.8 Å². The number of anilines is 1. The standard InChI is InChI=1S/C20H24F2N2O4/c1-10(6-15(26)27)8-23-14(25)9-24-18-13(21)7-12(11-4-5-11)17(22)16(18)20(2,3)19(24)28/h7,10-11H,4-6,8-9H2,1-3H3,(H,23,25)(H,26,27)/t10-/m1/s1. The van der Waals surface area contributed by atoms with E-state index in [-0.39, 0.29) is 36.1 Å². The second kappa shape index (κ2) is 7.14. The molecule has 1 aliphatic carbocycles. The number of aliphatic carboxylic acids is 1. The Kier molecular flexibility index (Phi) is 5.16. The van der Waals surface area contributed by atoms with Crippen molar-refractivity contribution in [2.24, 2.45) is 5.92 Å². The molecular formula is C20H24F2N2O4. The normalized spacial score (nSPS) is 18.8. The van der Waals surface area contributed by atoms with Gasteiger partial charge in [0.25, 0.3) is 0 Å². The predicted octanol–water partition coefficient (Wildman–Crippen LogP) is 2.69. The SMILES string of the molecule is C[C@@H](CNC(=O)CN1C(=O)C(C)(C)c2c(F)c(C3CC3)cc(F)c21)CC(=O)O. The van der Waals surface area contributed by atoms with Crippen molar-refractivity contribution in [1.82, 2.24) is 5.32 Å². The molecule has 28 heavy (non-hydrogen) atoms. The Morgan fingerprint density at radius 3 is 2.57 bits per heavy atom. The summed E-state index contributed by atoms with van der Waals surface area (Å²) < 4.78 is 29.9. The van der Waals surface area contributed by atoms with Crippen LogP contribution in [0.3, 0.4) is 0 Å². The van der Waals surface area contributed by atoms with E-state index < -0.39 is 41.4 Å². The van der Waals surface area contributed by atoms with Crippen LogP contribution in [-0.4, -0.2) is 36.0 Å². The van der Waals surface area contributed by atoms with Crippen molar-refractivity contribution < 1.29 is 28.3 Å². The Morgan fingerprint density at radius 1 is 1.36 bits per heavy atom. The van der Waals surface area contributed by atoms with E-state index >= 15 is 4.39 Å². The van der Waals surface area contributed by atoms with Gasteiger partial charge in [0, 0.05) is 18.5 Å². The molecule has 1 heterocycles. The maximum atomic E-state index is 15.1. The molecule has 0 radical (unpaired) electrons. The number of carbonyl (C=O) groups is 3. The van der Waals surface area contributed by atoms with Crippen molar-refractivity contribution in [3.63, 3.8) is 0 Å². The van der Waals surface area contributed by atoms with Gasteiger partial charge in [-0.3, -0.25) is 19.3 Å². The first-order chi connectivity index (χ1) is 13.0. The van der Waals surface area contributed by atoms with E-state index in [2.05, 4.69) is 5.32 Å². The highest BCUT2D eigenvalue weighted by atomic mass is 19.1. The first-order valence-corrected chi connectivity index (χ1v) is 9.36. The number of fused-ring (bicyclic) bond motifs is 1. The van der Waals surface area contributed by atoms with Gasteiger partial charge in [-0.2, -0.15) is 0 Å². The molecule has 2 N–H and O–H groups in total. The Bertz CT molecular complexity index is 849. The van der Waals surface area contributed by atoms with Crippen LogP contribution in [0.5, 0.6) is 0 Å². The van der Waals surface area contributed by atoms with E-state index in [0.717, 1.165) is 23.8 Å². The summed E-state index contributed by atoms with van der Waals surface area (Å²) in [7, 11) is 0. The van der Waals surface area contributed by atoms with Crippen molar-refractivity contribution in [2.75, 3.05) is 18.0 Å². The number of hydrogen-bond donors (Lipinski definition) is 2. The first kappa shape index (κ1) is 20.2. The number of halogens is 2. The molecule has 0 saturated heterocycles. The quantitative estimate of drug-likeness (QED) is 0.745. The maximum absolute atomic E-state index is 15.1. The molecule has 1 aliphatic heterocycles. The van der Waals surface area contributed by atoms with Crippen LogP contribution in [-0.2, 0) is 19.8 Å². The molecular weight excluding hydrogens is 370 g/mol. The van der Waals surface area contributed by atoms with Gasteiger partial charge >= 0.3 is 5.97 Å². The summed E-state index contributed by atoms with van der Waals surface area (Å²) in [4.78, 5) is 36.8. The third-order valence-corrected chi connectivity index (χ3v) is 5.38. The molecule has 3 rings (SSSR count). The average Bonchev–Trinajstić information content (AvgIpc) is 3.40. The number of hydrogen-bond acceptors (Lipinski definition) is 3. The zero-order valence-corrected chi connectivity index (χ0v) is 16.1. The molecule has 2 amide bonds. The van der Waals surface area contributed by atoms with Gasteiger partial charge in [-0.25, -0.2) is 8.78 Å². The molecule has 0 aromatic heterocycles. The van der Waals surface area contributed by atoms with Crippen molar-refractivity contribution in [2.45, 2.75) is 51.4 Å². The van der Waals surface area contributed by atoms with Gasteiger partial charge in [-0.05, 0) is 50.2 Å². The predicted molar refractivity (Wildman–Crippen MR) is 98.1 cm³/mol. The Hall–Kier alpha value is -2.51. The number of nitrogens with zero attached hydrogens (tertiary/aromatic N) is 1. The topological polar surface area (TPSA) is 86.7 Å². The summed E-state index contributed by atoms with van der Waals surface area (Å²) in [6, 6.07) is 1.14. The number of nitrogens with one attached hydrogen (secondary N) is 1. The second-order valence-electron chi connectivity index (χ2n) is 8.28. The van der Waals surface area contributed by atoms with Crippen LogP contribution in [0.1, 0.15) is 57.1 Å². The van der Waals surface area contributed by atoms with Gasteiger partial charge in [0.1, 0.15) is 18.2 Å². The van der Waals surface area contributed by atoms with Gasteiger partial charge < -0.3 is 10.4 Å². The second-order valence-corrected chi connectivity index (χ2v) is 8.28. The summed E-state index contributed by atoms with van der Waals surface area (Å²) >= 11 is 0. The third kappa shape index (κ3) is 3.59. The van der Waals surface area contributed by atoms with Crippen molar-refractivity contribution >= 4 is 23.5 Å². The molecule has 1 aromatic carbocycles. The summed E-state index contributed by atoms with van der Waals surface area (Å²) in [5.41, 5.74) is -1.15. The van der Waals surface area contributed by atoms with Crippen molar-refractivity contribution in [3.05, 3.63) is 28.8 Å². The summed E-state index contributed by atoms with van der Waals surface area (Å²) in [6.07, 6.45) is 1.48. The van der Waals surface area contributed by atoms with E-state index in [1.54, 1.807) is 6.92 Å². The van der Waals surface area contributed by atoms with Crippen LogP contribution >= 0.6 is 0 Å². The number of rotatable bonds is 7. The number of carboxylic acids is 1. The van der Waals surface area contributed by atoms with Gasteiger partial charge in [0.2, 0.25) is 11.8 Å². The molecule has 8 heteroatoms. The average molecular weight is 394 g/mol. The third-order valence-electron chi connectivity index (χ3n) is 5.38. The fourth-order valence-corrected chi connectivity index (χ4v) is 3.72. The summed E-state index contributed by atoms with van der Waals surface area (Å²) in [6.45, 7) is 4.39. The Balaban J connectivity index is 1.83. The lowest BCUT2D eigenvalue weighted by Gasteiger charge is -2.20. The summed E-state index contributed by atoms with van der Waals surface area (Å²) in [5.74, 6) is -3.65. The number of carbonyl (C=O) groups excluding carboxylic acids is 2. The van der Waals surface area contributed by atoms with E-state index in [9.17, 15) is 18.8 Å². The van der Waals surface area contributed by atoms with Crippen LogP contribution in [0, 0.1) is 17.6 Å². The molecule has 0 spiro atoms. The Labute approximate surface area is 161 Å². The minimum absolute atomic E-state index is 0.00597. The zero-order valence-electron chi connectivity index (χ0n) is 16.1. The molecule has 1 fully saturated rings. The van der Waals surface area contributed by atoms with Crippen molar-refractivity contribution in [3.8, 4) is 0 Å². The molecule has 0 unspecified atom stereocenters. The number of amides is 2. The highest BCUT2D eigenvalue weighted by molar-refractivity contribution is 6.10. The molecule has 152 valence electrons. The molecule has 1 saturated carbocycles. The van der Waals surface area contributed by atoms with Gasteiger partial charge in [0.05, 0.1) is 11.1 Å². The van der Waals surface area contributed by atoms with Crippen molar-refractivity contribution in [1.29, 1.82) is 0 Å². The van der Waals surface area contributed by atoms with Crippen LogP contribution in [0.25, 0.3) is 0 Å². The summed E-state index contributed by atoms with van der Waals surface area (Å²) in [5, 5.41) is 11.3. The van der Waals surface area contributed by atoms with Gasteiger partial charge in [-0.1, -0.05) is 6.92 Å². The number of carboxylic acid groups (broad SMARTS) is 1. The van der Waals surface area contributed by atoms with Crippen LogP contribution in [0.15, 0.2) is 6.07 Å². The van der Waals surface area contributed by atoms with E-state index in [4.69, 9.17) is 5.11 Å². The van der Waals surface area contributed by atoms with Gasteiger partial charge in [0.15, 0.2) is 0 Å². The van der Waals surface area contributed by atoms with Crippen LogP contribution in [0.2, 0.25) is 0 Å².